The van der Waals surface area contributed by atoms with Gasteiger partial charge in [0.25, 0.3) is 0 Å². The van der Waals surface area contributed by atoms with E-state index in [0.29, 0.717) is 37.0 Å². The highest BCUT2D eigenvalue weighted by Gasteiger charge is 2.62. The van der Waals surface area contributed by atoms with Crippen molar-refractivity contribution in [1.82, 2.24) is 0 Å². The molecule has 0 spiro atoms. The number of carbonyl (C=O) groups excluding carboxylic acids is 2. The van der Waals surface area contributed by atoms with Crippen molar-refractivity contribution in [3.63, 3.8) is 0 Å². The second-order valence-corrected chi connectivity index (χ2v) is 17.1. The topological polar surface area (TPSA) is 107 Å². The molecular weight excluding hydrogens is 575 g/mol. The summed E-state index contributed by atoms with van der Waals surface area (Å²) in [7, 11) is -2.61. The molecule has 0 aromatic rings. The van der Waals surface area contributed by atoms with E-state index in [1.165, 1.54) is 18.9 Å². The maximum absolute atomic E-state index is 13.8. The number of carbonyl (C=O) groups is 2. The van der Waals surface area contributed by atoms with E-state index in [-0.39, 0.29) is 71.5 Å². The number of rotatable bonds is 12. The van der Waals surface area contributed by atoms with Gasteiger partial charge >= 0.3 is 13.6 Å². The number of hydrogen-bond acceptors (Lipinski definition) is 11. The molecule has 3 aliphatic rings. The summed E-state index contributed by atoms with van der Waals surface area (Å²) in [6, 6.07) is 0. The minimum Gasteiger partial charge on any atom is -0.478 e. The van der Waals surface area contributed by atoms with Crippen molar-refractivity contribution in [2.24, 2.45) is 28.6 Å². The fraction of sp³-hybridized carbons (Fsp3) is 0.893. The van der Waals surface area contributed by atoms with Crippen LogP contribution >= 0.6 is 31.6 Å². The monoisotopic (exact) mass is 622 g/mol. The van der Waals surface area contributed by atoms with Gasteiger partial charge in [-0.3, -0.25) is 14.2 Å². The first-order valence-electron chi connectivity index (χ1n) is 14.2. The zero-order valence-corrected chi connectivity index (χ0v) is 27.7. The molecule has 0 aromatic carbocycles. The largest absolute Gasteiger partial charge is 0.478 e. The second-order valence-electron chi connectivity index (χ2n) is 12.9. The van der Waals surface area contributed by atoms with Crippen molar-refractivity contribution >= 4 is 47.7 Å². The van der Waals surface area contributed by atoms with E-state index in [0.717, 1.165) is 0 Å². The smallest absolute Gasteiger partial charge is 0.344 e. The number of thiocarbonyl (C=S) groups is 1. The zero-order chi connectivity index (χ0) is 29.9. The van der Waals surface area contributed by atoms with E-state index in [1.807, 2.05) is 20.8 Å². The Balaban J connectivity index is 1.85. The maximum atomic E-state index is 13.8. The molecule has 3 rings (SSSR count). The lowest BCUT2D eigenvalue weighted by Crippen LogP contribution is -2.51. The van der Waals surface area contributed by atoms with Crippen LogP contribution in [0.25, 0.3) is 0 Å². The van der Waals surface area contributed by atoms with E-state index in [2.05, 4.69) is 13.8 Å². The first kappa shape index (κ1) is 33.9. The van der Waals surface area contributed by atoms with Crippen LogP contribution in [0.15, 0.2) is 0 Å². The molecule has 9 nitrogen and oxygen atoms in total. The number of ether oxygens (including phenoxy) is 4. The molecule has 1 aliphatic heterocycles. The molecule has 12 heteroatoms. The van der Waals surface area contributed by atoms with Crippen LogP contribution < -0.4 is 0 Å². The first-order valence-corrected chi connectivity index (χ1v) is 17.1. The third-order valence-electron chi connectivity index (χ3n) is 7.61. The molecule has 2 saturated carbocycles. The van der Waals surface area contributed by atoms with Gasteiger partial charge < -0.3 is 28.0 Å². The summed E-state index contributed by atoms with van der Waals surface area (Å²) >= 11 is 6.86. The van der Waals surface area contributed by atoms with Gasteiger partial charge in [-0.05, 0) is 50.7 Å². The lowest BCUT2D eigenvalue weighted by atomic mass is 9.63. The SMILES string of the molecule is CCOP(=O)(OCC)C(CC(CC1C(=O)[C@@H]2CC3OCC(C)(C)COC3[C@H]12)SC(=S)OCC(C)(C)C)C(=O)OC. The van der Waals surface area contributed by atoms with Crippen molar-refractivity contribution in [2.45, 2.75) is 90.8 Å². The molecule has 40 heavy (non-hydrogen) atoms. The average molecular weight is 623 g/mol. The third kappa shape index (κ3) is 8.29. The van der Waals surface area contributed by atoms with Gasteiger partial charge in [-0.25, -0.2) is 0 Å². The van der Waals surface area contributed by atoms with Crippen LogP contribution in [0.1, 0.15) is 67.7 Å². The van der Waals surface area contributed by atoms with Crippen LogP contribution in [0.5, 0.6) is 0 Å². The first-order chi connectivity index (χ1) is 18.6. The zero-order valence-electron chi connectivity index (χ0n) is 25.1. The molecule has 0 aromatic heterocycles. The summed E-state index contributed by atoms with van der Waals surface area (Å²) in [5, 5.41) is -0.372. The van der Waals surface area contributed by atoms with Crippen molar-refractivity contribution in [3.05, 3.63) is 0 Å². The summed E-state index contributed by atoms with van der Waals surface area (Å²) in [6.07, 6.45) is 0.921. The summed E-state index contributed by atoms with van der Waals surface area (Å²) in [4.78, 5) is 26.3. The molecule has 5 unspecified atom stereocenters. The summed E-state index contributed by atoms with van der Waals surface area (Å²) in [5.41, 5.74) is -1.36. The Morgan fingerprint density at radius 1 is 1.18 bits per heavy atom. The predicted molar refractivity (Wildman–Crippen MR) is 159 cm³/mol. The number of esters is 1. The minimum absolute atomic E-state index is 0.0285. The molecule has 2 aliphatic carbocycles. The van der Waals surface area contributed by atoms with Gasteiger partial charge in [-0.2, -0.15) is 0 Å². The Bertz CT molecular complexity index is 956. The Hall–Kier alpha value is -0.550. The van der Waals surface area contributed by atoms with Gasteiger partial charge in [0.2, 0.25) is 4.38 Å². The van der Waals surface area contributed by atoms with E-state index in [9.17, 15) is 14.2 Å². The highest BCUT2D eigenvalue weighted by molar-refractivity contribution is 8.23. The van der Waals surface area contributed by atoms with Gasteiger partial charge in [0.15, 0.2) is 5.66 Å². The van der Waals surface area contributed by atoms with Crippen molar-refractivity contribution in [3.8, 4) is 0 Å². The van der Waals surface area contributed by atoms with Crippen LogP contribution in [-0.4, -0.2) is 79.4 Å². The van der Waals surface area contributed by atoms with Crippen molar-refractivity contribution in [1.29, 1.82) is 0 Å². The van der Waals surface area contributed by atoms with Gasteiger partial charge in [0.1, 0.15) is 5.78 Å². The summed E-state index contributed by atoms with van der Waals surface area (Å²) in [5.74, 6) is -0.849. The third-order valence-corrected chi connectivity index (χ3v) is 11.5. The summed E-state index contributed by atoms with van der Waals surface area (Å²) < 4.78 is 48.7. The number of Topliss-reactive ketones (excluding diaryl/α,β-unsaturated/α-hetero) is 1. The van der Waals surface area contributed by atoms with Crippen LogP contribution in [0.2, 0.25) is 0 Å². The van der Waals surface area contributed by atoms with Gasteiger partial charge in [0.05, 0.1) is 52.4 Å². The molecular formula is C28H47O9PS2. The summed E-state index contributed by atoms with van der Waals surface area (Å²) in [6.45, 7) is 15.6. The lowest BCUT2D eigenvalue weighted by Gasteiger charge is -2.43. The quantitative estimate of drug-likeness (QED) is 0.153. The Morgan fingerprint density at radius 2 is 1.80 bits per heavy atom. The van der Waals surface area contributed by atoms with Gasteiger partial charge in [-0.15, -0.1) is 0 Å². The van der Waals surface area contributed by atoms with E-state index < -0.39 is 19.2 Å². The fourth-order valence-electron chi connectivity index (χ4n) is 5.77. The predicted octanol–water partition coefficient (Wildman–Crippen LogP) is 5.67. The number of hydrogen-bond donors (Lipinski definition) is 0. The average Bonchev–Trinajstić information content (AvgIpc) is 3.12. The van der Waals surface area contributed by atoms with Crippen LogP contribution in [0, 0.1) is 28.6 Å². The normalized spacial score (nSPS) is 29.4. The van der Waals surface area contributed by atoms with Crippen LogP contribution in [0.4, 0.5) is 0 Å². The number of methoxy groups -OCH3 is 1. The molecule has 7 atom stereocenters. The van der Waals surface area contributed by atoms with Crippen LogP contribution in [-0.2, 0) is 42.1 Å². The number of thioether (sulfide) groups is 1. The molecule has 0 radical (unpaired) electrons. The van der Waals surface area contributed by atoms with E-state index in [1.54, 1.807) is 13.8 Å². The van der Waals surface area contributed by atoms with Gasteiger partial charge in [0, 0.05) is 28.4 Å². The molecule has 0 amide bonds. The van der Waals surface area contributed by atoms with Crippen molar-refractivity contribution < 1.29 is 42.1 Å². The highest BCUT2D eigenvalue weighted by Crippen LogP contribution is 2.58. The number of ketones is 1. The molecule has 1 saturated heterocycles. The van der Waals surface area contributed by atoms with E-state index in [4.69, 9.17) is 40.2 Å². The second kappa shape index (κ2) is 13.8. The lowest BCUT2D eigenvalue weighted by molar-refractivity contribution is -0.148. The van der Waals surface area contributed by atoms with Crippen molar-refractivity contribution in [2.75, 3.05) is 40.1 Å². The number of fused-ring (bicyclic) bond motifs is 3. The molecule has 1 heterocycles. The van der Waals surface area contributed by atoms with Crippen LogP contribution in [0.3, 0.4) is 0 Å². The molecule has 230 valence electrons. The highest BCUT2D eigenvalue weighted by atomic mass is 32.2. The molecule has 3 fully saturated rings. The Kier molecular flexibility index (Phi) is 11.7. The Labute approximate surface area is 249 Å². The minimum atomic E-state index is -3.86. The molecule has 0 bridgehead atoms. The fourth-order valence-corrected chi connectivity index (χ4v) is 9.40. The van der Waals surface area contributed by atoms with Gasteiger partial charge in [-0.1, -0.05) is 46.4 Å². The standard InChI is InChI=1S/C28H47O9PS2/c1-9-36-38(31,37-10-2)21(25(30)32-8)12-17(40-26(39)35-14-27(3,4)5)11-18-22-19(23(18)29)13-20-24(22)34-16-28(6,7)15-33-20/h17-22,24H,9-16H2,1-8H3/t17?,18?,19-,20?,21?,22-,24?/m1/s1. The maximum Gasteiger partial charge on any atom is 0.344 e. The Morgan fingerprint density at radius 3 is 2.38 bits per heavy atom. The van der Waals surface area contributed by atoms with E-state index >= 15 is 0 Å². The molecule has 0 N–H and O–H groups in total.